The lowest BCUT2D eigenvalue weighted by Crippen LogP contribution is -2.30. The van der Waals surface area contributed by atoms with Gasteiger partial charge in [-0.1, -0.05) is 6.92 Å². The molecule has 0 aliphatic carbocycles. The predicted octanol–water partition coefficient (Wildman–Crippen LogP) is 2.13. The Morgan fingerprint density at radius 3 is 3.11 bits per heavy atom. The van der Waals surface area contributed by atoms with Crippen LogP contribution in [0.4, 0.5) is 0 Å². The van der Waals surface area contributed by atoms with Gasteiger partial charge in [-0.05, 0) is 37.1 Å². The van der Waals surface area contributed by atoms with Crippen molar-refractivity contribution in [2.45, 2.75) is 25.8 Å². The Balaban J connectivity index is 2.04. The molecule has 4 nitrogen and oxygen atoms in total. The predicted molar refractivity (Wildman–Crippen MR) is 74.7 cm³/mol. The highest BCUT2D eigenvalue weighted by molar-refractivity contribution is 5.43. The van der Waals surface area contributed by atoms with Gasteiger partial charge in [-0.3, -0.25) is 0 Å². The van der Waals surface area contributed by atoms with Crippen molar-refractivity contribution in [3.63, 3.8) is 0 Å². The maximum atomic E-state index is 8.94. The first kappa shape index (κ1) is 14.2. The normalized spacial score (nSPS) is 19.4. The van der Waals surface area contributed by atoms with E-state index in [1.807, 2.05) is 18.2 Å². The van der Waals surface area contributed by atoms with Crippen LogP contribution in [0.2, 0.25) is 0 Å². The molecule has 4 heteroatoms. The van der Waals surface area contributed by atoms with Gasteiger partial charge >= 0.3 is 0 Å². The van der Waals surface area contributed by atoms with E-state index in [4.69, 9.17) is 14.6 Å². The van der Waals surface area contributed by atoms with E-state index in [0.717, 1.165) is 37.5 Å². The SMILES string of the molecule is COc1ccc2c(c1)C(NCC(C)CCO)CCO2. The molecule has 0 saturated heterocycles. The van der Waals surface area contributed by atoms with Gasteiger partial charge in [0.1, 0.15) is 11.5 Å². The van der Waals surface area contributed by atoms with Crippen LogP contribution < -0.4 is 14.8 Å². The maximum Gasteiger partial charge on any atom is 0.124 e. The summed E-state index contributed by atoms with van der Waals surface area (Å²) in [4.78, 5) is 0. The van der Waals surface area contributed by atoms with E-state index < -0.39 is 0 Å². The second-order valence-corrected chi connectivity index (χ2v) is 5.12. The van der Waals surface area contributed by atoms with E-state index in [2.05, 4.69) is 12.2 Å². The van der Waals surface area contributed by atoms with Crippen molar-refractivity contribution in [2.75, 3.05) is 26.9 Å². The zero-order chi connectivity index (χ0) is 13.7. The largest absolute Gasteiger partial charge is 0.497 e. The van der Waals surface area contributed by atoms with Crippen molar-refractivity contribution >= 4 is 0 Å². The van der Waals surface area contributed by atoms with Gasteiger partial charge in [-0.25, -0.2) is 0 Å². The Bertz CT molecular complexity index is 408. The fraction of sp³-hybridized carbons (Fsp3) is 0.600. The molecule has 1 aliphatic rings. The molecule has 0 bridgehead atoms. The maximum absolute atomic E-state index is 8.94. The number of hydrogen-bond donors (Lipinski definition) is 2. The summed E-state index contributed by atoms with van der Waals surface area (Å²) in [5.41, 5.74) is 1.17. The van der Waals surface area contributed by atoms with Crippen LogP contribution in [0.5, 0.6) is 11.5 Å². The number of hydrogen-bond acceptors (Lipinski definition) is 4. The molecule has 1 aliphatic heterocycles. The monoisotopic (exact) mass is 265 g/mol. The van der Waals surface area contributed by atoms with E-state index in [1.54, 1.807) is 7.11 Å². The summed E-state index contributed by atoms with van der Waals surface area (Å²) in [5.74, 6) is 2.28. The van der Waals surface area contributed by atoms with E-state index in [-0.39, 0.29) is 6.61 Å². The Kier molecular flexibility index (Phi) is 5.05. The number of aliphatic hydroxyl groups excluding tert-OH is 1. The van der Waals surface area contributed by atoms with E-state index in [1.165, 1.54) is 5.56 Å². The topological polar surface area (TPSA) is 50.7 Å². The van der Waals surface area contributed by atoms with Crippen molar-refractivity contribution in [1.82, 2.24) is 5.32 Å². The lowest BCUT2D eigenvalue weighted by Gasteiger charge is -2.28. The van der Waals surface area contributed by atoms with Crippen LogP contribution in [0, 0.1) is 5.92 Å². The average molecular weight is 265 g/mol. The smallest absolute Gasteiger partial charge is 0.124 e. The minimum Gasteiger partial charge on any atom is -0.497 e. The standard InChI is InChI=1S/C15H23NO3/c1-11(5-7-17)10-16-14-6-8-19-15-4-3-12(18-2)9-13(14)15/h3-4,9,11,14,16-17H,5-8,10H2,1-2H3. The molecule has 2 unspecified atom stereocenters. The molecule has 0 saturated carbocycles. The number of nitrogens with one attached hydrogen (secondary N) is 1. The van der Waals surface area contributed by atoms with Crippen LogP contribution >= 0.6 is 0 Å². The van der Waals surface area contributed by atoms with Crippen LogP contribution in [0.15, 0.2) is 18.2 Å². The van der Waals surface area contributed by atoms with Gasteiger partial charge in [0.25, 0.3) is 0 Å². The third kappa shape index (κ3) is 3.61. The van der Waals surface area contributed by atoms with Crippen molar-refractivity contribution in [2.24, 2.45) is 5.92 Å². The van der Waals surface area contributed by atoms with Crippen LogP contribution in [0.3, 0.4) is 0 Å². The summed E-state index contributed by atoms with van der Waals surface area (Å²) in [6.45, 7) is 4.04. The van der Waals surface area contributed by atoms with Crippen molar-refractivity contribution in [3.05, 3.63) is 23.8 Å². The Labute approximate surface area is 114 Å². The van der Waals surface area contributed by atoms with Gasteiger partial charge in [0.15, 0.2) is 0 Å². The van der Waals surface area contributed by atoms with Crippen molar-refractivity contribution in [3.8, 4) is 11.5 Å². The first-order valence-electron chi connectivity index (χ1n) is 6.89. The van der Waals surface area contributed by atoms with Crippen molar-refractivity contribution in [1.29, 1.82) is 0 Å². The molecule has 2 rings (SSSR count). The number of fused-ring (bicyclic) bond motifs is 1. The van der Waals surface area contributed by atoms with Gasteiger partial charge in [0, 0.05) is 24.6 Å². The third-order valence-electron chi connectivity index (χ3n) is 3.59. The quantitative estimate of drug-likeness (QED) is 0.827. The molecule has 1 aromatic rings. The Morgan fingerprint density at radius 1 is 1.53 bits per heavy atom. The van der Waals surface area contributed by atoms with Gasteiger partial charge in [0.05, 0.1) is 13.7 Å². The molecule has 19 heavy (non-hydrogen) atoms. The molecule has 2 atom stereocenters. The molecule has 106 valence electrons. The van der Waals surface area contributed by atoms with E-state index in [0.29, 0.717) is 12.0 Å². The summed E-state index contributed by atoms with van der Waals surface area (Å²) in [5, 5.41) is 12.5. The fourth-order valence-corrected chi connectivity index (χ4v) is 2.38. The van der Waals surface area contributed by atoms with Crippen LogP contribution in [0.1, 0.15) is 31.4 Å². The van der Waals surface area contributed by atoms with E-state index in [9.17, 15) is 0 Å². The first-order chi connectivity index (χ1) is 9.24. The summed E-state index contributed by atoms with van der Waals surface area (Å²) < 4.78 is 10.9. The summed E-state index contributed by atoms with van der Waals surface area (Å²) >= 11 is 0. The van der Waals surface area contributed by atoms with Gasteiger partial charge in [-0.2, -0.15) is 0 Å². The lowest BCUT2D eigenvalue weighted by molar-refractivity contribution is 0.235. The number of benzene rings is 1. The highest BCUT2D eigenvalue weighted by atomic mass is 16.5. The van der Waals surface area contributed by atoms with Gasteiger partial charge < -0.3 is 19.9 Å². The summed E-state index contributed by atoms with van der Waals surface area (Å²) in [7, 11) is 1.68. The lowest BCUT2D eigenvalue weighted by atomic mass is 9.99. The fourth-order valence-electron chi connectivity index (χ4n) is 2.38. The molecular formula is C15H23NO3. The summed E-state index contributed by atoms with van der Waals surface area (Å²) in [6.07, 6.45) is 1.80. The van der Waals surface area contributed by atoms with Crippen LogP contribution in [-0.4, -0.2) is 32.0 Å². The summed E-state index contributed by atoms with van der Waals surface area (Å²) in [6, 6.07) is 6.25. The second-order valence-electron chi connectivity index (χ2n) is 5.12. The highest BCUT2D eigenvalue weighted by Gasteiger charge is 2.22. The number of methoxy groups -OCH3 is 1. The molecule has 2 N–H and O–H groups in total. The minimum absolute atomic E-state index is 0.251. The minimum atomic E-state index is 0.251. The zero-order valence-corrected chi connectivity index (χ0v) is 11.7. The van der Waals surface area contributed by atoms with Gasteiger partial charge in [0.2, 0.25) is 0 Å². The van der Waals surface area contributed by atoms with Crippen LogP contribution in [0.25, 0.3) is 0 Å². The molecule has 0 radical (unpaired) electrons. The molecular weight excluding hydrogens is 242 g/mol. The highest BCUT2D eigenvalue weighted by Crippen LogP contribution is 2.34. The van der Waals surface area contributed by atoms with Crippen molar-refractivity contribution < 1.29 is 14.6 Å². The third-order valence-corrected chi connectivity index (χ3v) is 3.59. The Hall–Kier alpha value is -1.26. The average Bonchev–Trinajstić information content (AvgIpc) is 2.44. The molecule has 0 spiro atoms. The van der Waals surface area contributed by atoms with Crippen LogP contribution in [-0.2, 0) is 0 Å². The molecule has 0 amide bonds. The van der Waals surface area contributed by atoms with E-state index >= 15 is 0 Å². The number of ether oxygens (including phenoxy) is 2. The molecule has 0 aromatic heterocycles. The molecule has 1 aromatic carbocycles. The number of rotatable bonds is 6. The number of aliphatic hydroxyl groups is 1. The first-order valence-corrected chi connectivity index (χ1v) is 6.89. The molecule has 0 fully saturated rings. The zero-order valence-electron chi connectivity index (χ0n) is 11.7. The van der Waals surface area contributed by atoms with Gasteiger partial charge in [-0.15, -0.1) is 0 Å². The molecule has 1 heterocycles. The second kappa shape index (κ2) is 6.78. The Morgan fingerprint density at radius 2 is 2.37 bits per heavy atom.